The number of hydrogen-bond acceptors (Lipinski definition) is 11. The summed E-state index contributed by atoms with van der Waals surface area (Å²) < 4.78 is 40.9. The Kier molecular flexibility index (Phi) is 18.8. The molecule has 1 aliphatic rings. The van der Waals surface area contributed by atoms with E-state index in [0.29, 0.717) is 122 Å². The molecule has 1 aliphatic carbocycles. The smallest absolute Gasteiger partial charge is 0.330 e. The molecular formula is C37H55N5O10. The first-order valence-corrected chi connectivity index (χ1v) is 18.2. The fourth-order valence-corrected chi connectivity index (χ4v) is 5.87. The van der Waals surface area contributed by atoms with E-state index in [1.807, 2.05) is 24.3 Å². The first-order chi connectivity index (χ1) is 25.5. The SMILES string of the molecule is COCCOCCOCCOCCOCCOCCOCCNC(=O)/C=C/c1ccc(-c2nc3c(c(=O)[nH]c(=O)n3CC3CCCCC3)n2C)cc1. The number of aryl methyl sites for hydroxylation is 1. The third-order valence-electron chi connectivity index (χ3n) is 8.61. The van der Waals surface area contributed by atoms with Crippen LogP contribution in [0.5, 0.6) is 0 Å². The summed E-state index contributed by atoms with van der Waals surface area (Å²) in [6.07, 6.45) is 8.89. The fraction of sp³-hybridized carbons (Fsp3) is 0.622. The van der Waals surface area contributed by atoms with Crippen molar-refractivity contribution in [2.45, 2.75) is 38.6 Å². The lowest BCUT2D eigenvalue weighted by molar-refractivity contribution is -0.116. The second kappa shape index (κ2) is 23.8. The standard InChI is InChI=1S/C37H55N5O10/c1-41-33-35(42(37(45)40-36(33)44)28-30-6-4-3-5-7-30)39-34(41)31-11-8-29(9-12-31)10-13-32(43)38-14-15-47-18-19-49-22-23-51-26-27-52-25-24-50-21-20-48-17-16-46-2/h8-13,30H,3-7,14-28H2,1-2H3,(H,38,43)(H,40,44,45)/b13-10+. The number of ether oxygens (including phenoxy) is 7. The predicted octanol–water partition coefficient (Wildman–Crippen LogP) is 2.55. The molecule has 1 aromatic carbocycles. The zero-order valence-electron chi connectivity index (χ0n) is 30.6. The molecule has 288 valence electrons. The number of rotatable bonds is 26. The molecule has 0 saturated heterocycles. The van der Waals surface area contributed by atoms with Gasteiger partial charge in [0.25, 0.3) is 5.56 Å². The number of hydrogen-bond donors (Lipinski definition) is 2. The van der Waals surface area contributed by atoms with Crippen molar-refractivity contribution in [2.75, 3.05) is 99.5 Å². The number of aromatic nitrogens is 4. The summed E-state index contributed by atoms with van der Waals surface area (Å²) in [5.41, 5.74) is 1.55. The number of amides is 1. The fourth-order valence-electron chi connectivity index (χ4n) is 5.87. The van der Waals surface area contributed by atoms with E-state index in [1.165, 1.54) is 12.5 Å². The number of carbonyl (C=O) groups is 1. The molecular weight excluding hydrogens is 674 g/mol. The van der Waals surface area contributed by atoms with Crippen LogP contribution in [0.4, 0.5) is 0 Å². The minimum absolute atomic E-state index is 0.230. The number of nitrogens with zero attached hydrogens (tertiary/aromatic N) is 3. The predicted molar refractivity (Wildman–Crippen MR) is 196 cm³/mol. The second-order valence-electron chi connectivity index (χ2n) is 12.5. The maximum Gasteiger partial charge on any atom is 0.330 e. The van der Waals surface area contributed by atoms with Gasteiger partial charge in [0, 0.05) is 38.9 Å². The highest BCUT2D eigenvalue weighted by atomic mass is 16.6. The normalized spacial score (nSPS) is 13.8. The summed E-state index contributed by atoms with van der Waals surface area (Å²) in [4.78, 5) is 45.1. The quantitative estimate of drug-likeness (QED) is 0.0922. The lowest BCUT2D eigenvalue weighted by atomic mass is 9.89. The van der Waals surface area contributed by atoms with Crippen molar-refractivity contribution in [2.24, 2.45) is 13.0 Å². The molecule has 0 unspecified atom stereocenters. The maximum absolute atomic E-state index is 12.8. The third kappa shape index (κ3) is 14.0. The lowest BCUT2D eigenvalue weighted by Crippen LogP contribution is -2.33. The van der Waals surface area contributed by atoms with Crippen molar-refractivity contribution in [3.63, 3.8) is 0 Å². The monoisotopic (exact) mass is 729 g/mol. The highest BCUT2D eigenvalue weighted by Gasteiger charge is 2.21. The average molecular weight is 730 g/mol. The lowest BCUT2D eigenvalue weighted by Gasteiger charge is -2.22. The molecule has 0 radical (unpaired) electrons. The molecule has 0 aliphatic heterocycles. The van der Waals surface area contributed by atoms with Crippen molar-refractivity contribution >= 4 is 23.1 Å². The van der Waals surface area contributed by atoms with Gasteiger partial charge in [-0.15, -0.1) is 0 Å². The van der Waals surface area contributed by atoms with Crippen LogP contribution in [0.1, 0.15) is 37.7 Å². The van der Waals surface area contributed by atoms with Crippen LogP contribution in [0.2, 0.25) is 0 Å². The summed E-state index contributed by atoms with van der Waals surface area (Å²) in [6, 6.07) is 7.52. The number of aromatic amines is 1. The molecule has 4 rings (SSSR count). The highest BCUT2D eigenvalue weighted by Crippen LogP contribution is 2.27. The van der Waals surface area contributed by atoms with E-state index in [0.717, 1.165) is 36.8 Å². The zero-order chi connectivity index (χ0) is 36.8. The maximum atomic E-state index is 12.8. The van der Waals surface area contributed by atoms with Crippen LogP contribution in [-0.4, -0.2) is 125 Å². The number of imidazole rings is 1. The molecule has 15 nitrogen and oxygen atoms in total. The molecule has 1 fully saturated rings. The van der Waals surface area contributed by atoms with Crippen molar-refractivity contribution in [3.05, 3.63) is 56.7 Å². The number of carbonyl (C=O) groups excluding carboxylic acids is 1. The van der Waals surface area contributed by atoms with Crippen LogP contribution >= 0.6 is 0 Å². The molecule has 1 amide bonds. The molecule has 0 atom stereocenters. The van der Waals surface area contributed by atoms with Gasteiger partial charge in [-0.25, -0.2) is 9.78 Å². The van der Waals surface area contributed by atoms with Gasteiger partial charge < -0.3 is 43.0 Å². The molecule has 3 aromatic rings. The van der Waals surface area contributed by atoms with Gasteiger partial charge >= 0.3 is 5.69 Å². The van der Waals surface area contributed by atoms with Gasteiger partial charge in [-0.05, 0) is 30.4 Å². The van der Waals surface area contributed by atoms with E-state index in [9.17, 15) is 14.4 Å². The first kappa shape index (κ1) is 41.1. The topological polar surface area (TPSA) is 166 Å². The summed E-state index contributed by atoms with van der Waals surface area (Å²) in [5, 5.41) is 2.80. The summed E-state index contributed by atoms with van der Waals surface area (Å²) in [6.45, 7) is 7.26. The van der Waals surface area contributed by atoms with Gasteiger partial charge in [-0.2, -0.15) is 0 Å². The number of nitrogens with one attached hydrogen (secondary N) is 2. The molecule has 2 N–H and O–H groups in total. The van der Waals surface area contributed by atoms with Crippen molar-refractivity contribution in [1.29, 1.82) is 0 Å². The van der Waals surface area contributed by atoms with E-state index >= 15 is 0 Å². The van der Waals surface area contributed by atoms with Crippen LogP contribution in [0.25, 0.3) is 28.6 Å². The van der Waals surface area contributed by atoms with Crippen LogP contribution < -0.4 is 16.6 Å². The van der Waals surface area contributed by atoms with E-state index in [2.05, 4.69) is 10.3 Å². The Morgan fingerprint density at radius 3 is 1.90 bits per heavy atom. The van der Waals surface area contributed by atoms with Crippen LogP contribution in [-0.2, 0) is 51.5 Å². The first-order valence-electron chi connectivity index (χ1n) is 18.2. The molecule has 52 heavy (non-hydrogen) atoms. The number of benzene rings is 1. The van der Waals surface area contributed by atoms with Gasteiger partial charge in [0.1, 0.15) is 5.82 Å². The average Bonchev–Trinajstić information content (AvgIpc) is 3.50. The Balaban J connectivity index is 1.05. The van der Waals surface area contributed by atoms with Crippen LogP contribution in [0, 0.1) is 5.92 Å². The minimum atomic E-state index is -0.445. The number of H-pyrrole nitrogens is 1. The highest BCUT2D eigenvalue weighted by molar-refractivity contribution is 5.91. The third-order valence-corrected chi connectivity index (χ3v) is 8.61. The molecule has 0 bridgehead atoms. The molecule has 2 aromatic heterocycles. The Bertz CT molecular complexity index is 1610. The Morgan fingerprint density at radius 1 is 0.808 bits per heavy atom. The minimum Gasteiger partial charge on any atom is -0.382 e. The van der Waals surface area contributed by atoms with Gasteiger partial charge in [0.05, 0.1) is 85.9 Å². The van der Waals surface area contributed by atoms with Gasteiger partial charge in [0.2, 0.25) is 5.91 Å². The van der Waals surface area contributed by atoms with Crippen molar-refractivity contribution < 1.29 is 38.0 Å². The number of fused-ring (bicyclic) bond motifs is 1. The zero-order valence-corrected chi connectivity index (χ0v) is 30.6. The van der Waals surface area contributed by atoms with Crippen molar-refractivity contribution in [3.8, 4) is 11.4 Å². The van der Waals surface area contributed by atoms with Gasteiger partial charge in [0.15, 0.2) is 11.2 Å². The van der Waals surface area contributed by atoms with Crippen LogP contribution in [0.3, 0.4) is 0 Å². The summed E-state index contributed by atoms with van der Waals surface area (Å²) in [7, 11) is 3.42. The van der Waals surface area contributed by atoms with E-state index < -0.39 is 11.2 Å². The van der Waals surface area contributed by atoms with Crippen LogP contribution in [0.15, 0.2) is 39.9 Å². The summed E-state index contributed by atoms with van der Waals surface area (Å²) >= 11 is 0. The van der Waals surface area contributed by atoms with Gasteiger partial charge in [-0.3, -0.25) is 19.1 Å². The molecule has 2 heterocycles. The largest absolute Gasteiger partial charge is 0.382 e. The Labute approximate surface area is 304 Å². The molecule has 15 heteroatoms. The Hall–Kier alpha value is -3.70. The number of methoxy groups -OCH3 is 1. The van der Waals surface area contributed by atoms with Gasteiger partial charge in [-0.1, -0.05) is 43.5 Å². The van der Waals surface area contributed by atoms with Crippen molar-refractivity contribution in [1.82, 2.24) is 24.4 Å². The van der Waals surface area contributed by atoms with E-state index in [4.69, 9.17) is 38.1 Å². The Morgan fingerprint density at radius 2 is 1.35 bits per heavy atom. The second-order valence-corrected chi connectivity index (χ2v) is 12.5. The molecule has 1 saturated carbocycles. The van der Waals surface area contributed by atoms with E-state index in [1.54, 1.807) is 29.4 Å². The molecule has 0 spiro atoms. The van der Waals surface area contributed by atoms with E-state index in [-0.39, 0.29) is 5.91 Å². The summed E-state index contributed by atoms with van der Waals surface area (Å²) in [5.74, 6) is 0.758.